The molecule has 0 aliphatic carbocycles. The van der Waals surface area contributed by atoms with E-state index in [-0.39, 0.29) is 21.0 Å². The number of anilines is 2. The Balaban J connectivity index is 1.81. The van der Waals surface area contributed by atoms with Gasteiger partial charge in [-0.1, -0.05) is 18.2 Å². The molecule has 6 nitrogen and oxygen atoms in total. The topological polar surface area (TPSA) is 95.8 Å². The van der Waals surface area contributed by atoms with Gasteiger partial charge in [0.1, 0.15) is 10.7 Å². The molecule has 1 aliphatic rings. The summed E-state index contributed by atoms with van der Waals surface area (Å²) in [5.41, 5.74) is 1.79. The number of aliphatic carboxylic acids is 1. The number of benzene rings is 3. The van der Waals surface area contributed by atoms with Crippen LogP contribution in [0.15, 0.2) is 81.5 Å². The second-order valence-electron chi connectivity index (χ2n) is 7.19. The molecule has 0 spiro atoms. The van der Waals surface area contributed by atoms with E-state index in [2.05, 4.69) is 10.3 Å². The number of carbonyl (C=O) groups is 1. The van der Waals surface area contributed by atoms with E-state index in [4.69, 9.17) is 0 Å². The largest absolute Gasteiger partial charge is 0.481 e. The fourth-order valence-electron chi connectivity index (χ4n) is 3.65. The van der Waals surface area contributed by atoms with Crippen LogP contribution in [-0.4, -0.2) is 25.5 Å². The summed E-state index contributed by atoms with van der Waals surface area (Å²) in [6, 6.07) is 17.2. The Morgan fingerprint density at radius 2 is 1.68 bits per heavy atom. The predicted octanol–water partition coefficient (Wildman–Crippen LogP) is 3.05. The van der Waals surface area contributed by atoms with Gasteiger partial charge in [-0.3, -0.25) is 9.79 Å². The molecule has 3 aromatic rings. The Morgan fingerprint density at radius 3 is 2.32 bits per heavy atom. The lowest BCUT2D eigenvalue weighted by Crippen LogP contribution is -2.32. The molecule has 1 atom stereocenters. The Morgan fingerprint density at radius 1 is 1.03 bits per heavy atom. The molecule has 1 aliphatic heterocycles. The van der Waals surface area contributed by atoms with Crippen LogP contribution < -0.4 is 15.9 Å². The van der Waals surface area contributed by atoms with Crippen molar-refractivity contribution in [2.75, 3.05) is 5.32 Å². The lowest BCUT2D eigenvalue weighted by molar-refractivity contribution is -0.135. The van der Waals surface area contributed by atoms with Crippen molar-refractivity contribution in [2.45, 2.75) is 29.2 Å². The number of carboxylic acid groups (broad SMARTS) is 1. The van der Waals surface area contributed by atoms with Crippen LogP contribution in [-0.2, 0) is 14.6 Å². The molecule has 0 saturated carbocycles. The molecule has 0 aromatic heterocycles. The Kier molecular flexibility index (Phi) is 5.32. The molecular formula is C23H19FN2O4S. The van der Waals surface area contributed by atoms with Gasteiger partial charge in [0, 0.05) is 16.6 Å². The molecule has 0 saturated heterocycles. The first-order valence-corrected chi connectivity index (χ1v) is 11.0. The van der Waals surface area contributed by atoms with Crippen molar-refractivity contribution < 1.29 is 22.7 Å². The van der Waals surface area contributed by atoms with Gasteiger partial charge >= 0.3 is 5.97 Å². The summed E-state index contributed by atoms with van der Waals surface area (Å²) in [4.78, 5) is 15.0. The fourth-order valence-corrected chi connectivity index (χ4v) is 5.20. The number of hydrogen-bond donors (Lipinski definition) is 2. The van der Waals surface area contributed by atoms with Crippen LogP contribution in [0.1, 0.15) is 13.3 Å². The van der Waals surface area contributed by atoms with Crippen molar-refractivity contribution in [2.24, 2.45) is 4.99 Å². The summed E-state index contributed by atoms with van der Waals surface area (Å²) in [7, 11) is -4.25. The van der Waals surface area contributed by atoms with E-state index >= 15 is 0 Å². The van der Waals surface area contributed by atoms with E-state index in [1.165, 1.54) is 18.2 Å². The van der Waals surface area contributed by atoms with Crippen LogP contribution in [0.4, 0.5) is 15.8 Å². The van der Waals surface area contributed by atoms with Gasteiger partial charge in [-0.05, 0) is 61.0 Å². The smallest absolute Gasteiger partial charge is 0.307 e. The number of sulfone groups is 1. The van der Waals surface area contributed by atoms with E-state index < -0.39 is 39.0 Å². The maximum absolute atomic E-state index is 14.8. The third-order valence-corrected chi connectivity index (χ3v) is 6.91. The summed E-state index contributed by atoms with van der Waals surface area (Å²) in [6.45, 7) is 1.66. The Bertz CT molecular complexity index is 1390. The third kappa shape index (κ3) is 3.94. The quantitative estimate of drug-likeness (QED) is 0.617. The number of para-hydroxylation sites is 1. The highest BCUT2D eigenvalue weighted by Crippen LogP contribution is 2.25. The molecule has 4 rings (SSSR count). The minimum Gasteiger partial charge on any atom is -0.481 e. The van der Waals surface area contributed by atoms with E-state index in [0.29, 0.717) is 5.69 Å². The van der Waals surface area contributed by atoms with E-state index in [0.717, 1.165) is 11.8 Å². The highest BCUT2D eigenvalue weighted by Gasteiger charge is 2.29. The monoisotopic (exact) mass is 438 g/mol. The van der Waals surface area contributed by atoms with Gasteiger partial charge in [0.15, 0.2) is 0 Å². The van der Waals surface area contributed by atoms with Crippen molar-refractivity contribution in [3.63, 3.8) is 0 Å². The zero-order chi connectivity index (χ0) is 22.2. The van der Waals surface area contributed by atoms with Crippen LogP contribution >= 0.6 is 0 Å². The molecule has 1 heterocycles. The molecule has 0 fully saturated rings. The minimum atomic E-state index is -4.25. The number of carboxylic acids is 1. The summed E-state index contributed by atoms with van der Waals surface area (Å²) in [5, 5.41) is 12.7. The molecule has 8 heteroatoms. The molecule has 2 N–H and O–H groups in total. The third-order valence-electron chi connectivity index (χ3n) is 5.08. The zero-order valence-corrected chi connectivity index (χ0v) is 17.4. The Hall–Kier alpha value is -3.52. The zero-order valence-electron chi connectivity index (χ0n) is 16.5. The second-order valence-corrected chi connectivity index (χ2v) is 9.08. The Labute approximate surface area is 178 Å². The van der Waals surface area contributed by atoms with Gasteiger partial charge in [0.25, 0.3) is 0 Å². The van der Waals surface area contributed by atoms with Crippen molar-refractivity contribution >= 4 is 32.8 Å². The van der Waals surface area contributed by atoms with Crippen LogP contribution in [0.3, 0.4) is 0 Å². The van der Waals surface area contributed by atoms with Gasteiger partial charge in [0.2, 0.25) is 9.84 Å². The van der Waals surface area contributed by atoms with E-state index in [9.17, 15) is 22.7 Å². The van der Waals surface area contributed by atoms with Gasteiger partial charge in [-0.25, -0.2) is 12.8 Å². The van der Waals surface area contributed by atoms with Gasteiger partial charge < -0.3 is 10.4 Å². The van der Waals surface area contributed by atoms with Gasteiger partial charge in [0.05, 0.1) is 22.7 Å². The predicted molar refractivity (Wildman–Crippen MR) is 114 cm³/mol. The van der Waals surface area contributed by atoms with E-state index in [1.807, 2.05) is 30.3 Å². The number of halogens is 1. The fraction of sp³-hybridized carbons (Fsp3) is 0.130. The molecule has 3 aromatic carbocycles. The number of rotatable bonds is 6. The maximum atomic E-state index is 14.8. The lowest BCUT2D eigenvalue weighted by atomic mass is 10.0. The average molecular weight is 438 g/mol. The van der Waals surface area contributed by atoms with Crippen molar-refractivity contribution in [1.29, 1.82) is 0 Å². The molecular weight excluding hydrogens is 419 g/mol. The summed E-state index contributed by atoms with van der Waals surface area (Å²) in [5.74, 6) is -2.06. The van der Waals surface area contributed by atoms with Crippen molar-refractivity contribution in [3.05, 3.63) is 83.1 Å². The molecule has 0 radical (unpaired) electrons. The van der Waals surface area contributed by atoms with Crippen LogP contribution in [0.5, 0.6) is 0 Å². The molecule has 1 unspecified atom stereocenters. The van der Waals surface area contributed by atoms with Crippen molar-refractivity contribution in [1.82, 2.24) is 0 Å². The van der Waals surface area contributed by atoms with E-state index in [1.54, 1.807) is 19.1 Å². The first-order valence-electron chi connectivity index (χ1n) is 9.56. The maximum Gasteiger partial charge on any atom is 0.307 e. The highest BCUT2D eigenvalue weighted by atomic mass is 32.2. The number of nitrogens with one attached hydrogen (secondary N) is 1. The number of fused-ring (bicyclic) bond motifs is 1. The minimum absolute atomic E-state index is 0.0568. The van der Waals surface area contributed by atoms with Crippen LogP contribution in [0, 0.1) is 5.82 Å². The summed E-state index contributed by atoms with van der Waals surface area (Å²) >= 11 is 0. The standard InChI is InChI=1S/C23H19FN2O4S/c1-14-18(13-21(27)28)22-20(25-14)12-11-19(24)23(22)31(29,30)17-9-7-16(8-10-17)26-15-5-3-2-4-6-15/h2-12,14,26H,13H2,1H3,(H,27,28). The first kappa shape index (κ1) is 20.7. The number of nitrogens with zero attached hydrogens (tertiary/aromatic N) is 1. The first-order chi connectivity index (χ1) is 14.8. The second kappa shape index (κ2) is 7.96. The van der Waals surface area contributed by atoms with Crippen molar-refractivity contribution in [3.8, 4) is 0 Å². The van der Waals surface area contributed by atoms with Crippen LogP contribution in [0.25, 0.3) is 5.57 Å². The number of hydrogen-bond acceptors (Lipinski definition) is 5. The summed E-state index contributed by atoms with van der Waals surface area (Å²) < 4.78 is 41.6. The molecule has 31 heavy (non-hydrogen) atoms. The highest BCUT2D eigenvalue weighted by molar-refractivity contribution is 7.91. The molecule has 158 valence electrons. The SMILES string of the molecule is CC1N=c2ccc(F)c(S(=O)(=O)c3ccc(Nc4ccccc4)cc3)c2=C1CC(=O)O. The normalized spacial score (nSPS) is 15.3. The van der Waals surface area contributed by atoms with Crippen LogP contribution in [0.2, 0.25) is 0 Å². The average Bonchev–Trinajstić information content (AvgIpc) is 3.03. The molecule has 0 amide bonds. The van der Waals surface area contributed by atoms with Gasteiger partial charge in [-0.2, -0.15) is 0 Å². The summed E-state index contributed by atoms with van der Waals surface area (Å²) in [6.07, 6.45) is -0.413. The lowest BCUT2D eigenvalue weighted by Gasteiger charge is -2.11. The van der Waals surface area contributed by atoms with Gasteiger partial charge in [-0.15, -0.1) is 0 Å². The molecule has 0 bridgehead atoms.